The van der Waals surface area contributed by atoms with Gasteiger partial charge in [-0.25, -0.2) is 8.42 Å². The first-order valence-corrected chi connectivity index (χ1v) is 10.6. The number of hydrogen-bond donors (Lipinski definition) is 2. The average Bonchev–Trinajstić information content (AvgIpc) is 2.45. The van der Waals surface area contributed by atoms with E-state index in [9.17, 15) is 8.42 Å². The number of aliphatic imine (C=N–C) groups is 1. The fourth-order valence-electron chi connectivity index (χ4n) is 2.18. The van der Waals surface area contributed by atoms with Crippen LogP contribution in [-0.2, 0) is 9.84 Å². The Bertz CT molecular complexity index is 422. The lowest BCUT2D eigenvalue weighted by molar-refractivity contribution is 0.389. The molecule has 0 fully saturated rings. The molecule has 0 aliphatic heterocycles. The monoisotopic (exact) mass is 348 g/mol. The highest BCUT2D eigenvalue weighted by Gasteiger charge is 2.09. The number of sulfone groups is 1. The van der Waals surface area contributed by atoms with Crippen molar-refractivity contribution in [3.05, 3.63) is 0 Å². The summed E-state index contributed by atoms with van der Waals surface area (Å²) in [6.45, 7) is 4.04. The zero-order valence-electron chi connectivity index (χ0n) is 15.6. The zero-order chi connectivity index (χ0) is 17.7. The quantitative estimate of drug-likeness (QED) is 0.317. The summed E-state index contributed by atoms with van der Waals surface area (Å²) >= 11 is 0. The Labute approximate surface area is 143 Å². The van der Waals surface area contributed by atoms with Gasteiger partial charge in [-0.3, -0.25) is 4.99 Å². The molecular formula is C16H36N4O2S. The lowest BCUT2D eigenvalue weighted by Gasteiger charge is -2.17. The Kier molecular flexibility index (Phi) is 12.1. The summed E-state index contributed by atoms with van der Waals surface area (Å²) in [6, 6.07) is 0.0851. The predicted molar refractivity (Wildman–Crippen MR) is 99.9 cm³/mol. The van der Waals surface area contributed by atoms with E-state index < -0.39 is 9.84 Å². The summed E-state index contributed by atoms with van der Waals surface area (Å²) in [7, 11) is 3.05. The van der Waals surface area contributed by atoms with E-state index in [1.807, 2.05) is 6.92 Å². The van der Waals surface area contributed by atoms with Crippen molar-refractivity contribution in [1.29, 1.82) is 0 Å². The molecular weight excluding hydrogens is 312 g/mol. The van der Waals surface area contributed by atoms with Gasteiger partial charge in [0.15, 0.2) is 5.96 Å². The molecule has 0 aromatic carbocycles. The summed E-state index contributed by atoms with van der Waals surface area (Å²) < 4.78 is 22.3. The normalized spacial score (nSPS) is 14.1. The van der Waals surface area contributed by atoms with Crippen LogP contribution in [0.1, 0.15) is 45.4 Å². The van der Waals surface area contributed by atoms with Crippen molar-refractivity contribution in [2.24, 2.45) is 4.99 Å². The molecule has 0 rings (SSSR count). The van der Waals surface area contributed by atoms with Crippen molar-refractivity contribution in [2.75, 3.05) is 46.2 Å². The van der Waals surface area contributed by atoms with Crippen molar-refractivity contribution in [2.45, 2.75) is 51.5 Å². The van der Waals surface area contributed by atoms with Gasteiger partial charge in [0.05, 0.1) is 5.75 Å². The number of hydrogen-bond acceptors (Lipinski definition) is 4. The van der Waals surface area contributed by atoms with E-state index in [0.717, 1.165) is 18.9 Å². The van der Waals surface area contributed by atoms with E-state index in [2.05, 4.69) is 34.6 Å². The van der Waals surface area contributed by atoms with Gasteiger partial charge in [0.25, 0.3) is 0 Å². The number of unbranched alkanes of at least 4 members (excludes halogenated alkanes) is 4. The first-order valence-electron chi connectivity index (χ1n) is 8.54. The molecule has 0 spiro atoms. The Balaban J connectivity index is 3.70. The van der Waals surface area contributed by atoms with E-state index in [0.29, 0.717) is 6.42 Å². The van der Waals surface area contributed by atoms with Gasteiger partial charge in [0.2, 0.25) is 0 Å². The summed E-state index contributed by atoms with van der Waals surface area (Å²) in [6.07, 6.45) is 8.03. The summed E-state index contributed by atoms with van der Waals surface area (Å²) in [5.74, 6) is 0.948. The van der Waals surface area contributed by atoms with Crippen LogP contribution >= 0.6 is 0 Å². The molecule has 2 N–H and O–H groups in total. The Morgan fingerprint density at radius 2 is 1.74 bits per heavy atom. The number of nitrogens with one attached hydrogen (secondary N) is 2. The Morgan fingerprint density at radius 1 is 1.13 bits per heavy atom. The topological polar surface area (TPSA) is 73.8 Å². The molecule has 0 bridgehead atoms. The van der Waals surface area contributed by atoms with E-state index in [4.69, 9.17) is 0 Å². The van der Waals surface area contributed by atoms with Gasteiger partial charge in [-0.05, 0) is 46.8 Å². The first kappa shape index (κ1) is 22.2. The molecule has 0 aromatic rings. The van der Waals surface area contributed by atoms with Crippen LogP contribution in [0.2, 0.25) is 0 Å². The molecule has 1 unspecified atom stereocenters. The van der Waals surface area contributed by atoms with Crippen molar-refractivity contribution in [3.8, 4) is 0 Å². The van der Waals surface area contributed by atoms with Crippen LogP contribution in [0.4, 0.5) is 0 Å². The van der Waals surface area contributed by atoms with Crippen molar-refractivity contribution in [1.82, 2.24) is 15.5 Å². The van der Waals surface area contributed by atoms with Gasteiger partial charge in [0, 0.05) is 25.9 Å². The second-order valence-electron chi connectivity index (χ2n) is 6.53. The van der Waals surface area contributed by atoms with Gasteiger partial charge in [-0.1, -0.05) is 19.3 Å². The van der Waals surface area contributed by atoms with E-state index >= 15 is 0 Å². The third-order valence-corrected chi connectivity index (χ3v) is 4.58. The Hall–Kier alpha value is -0.820. The lowest BCUT2D eigenvalue weighted by atomic mass is 10.1. The van der Waals surface area contributed by atoms with Crippen molar-refractivity contribution >= 4 is 15.8 Å². The molecule has 0 radical (unpaired) electrons. The molecule has 0 aliphatic carbocycles. The van der Waals surface area contributed by atoms with Gasteiger partial charge < -0.3 is 15.5 Å². The van der Waals surface area contributed by atoms with Crippen molar-refractivity contribution in [3.63, 3.8) is 0 Å². The summed E-state index contributed by atoms with van der Waals surface area (Å²) in [5.41, 5.74) is 0. The van der Waals surface area contributed by atoms with Crippen molar-refractivity contribution < 1.29 is 8.42 Å². The van der Waals surface area contributed by atoms with E-state index in [1.165, 1.54) is 38.5 Å². The van der Waals surface area contributed by atoms with Crippen LogP contribution < -0.4 is 10.6 Å². The molecule has 0 saturated carbocycles. The second kappa shape index (κ2) is 12.6. The zero-order valence-corrected chi connectivity index (χ0v) is 16.4. The highest BCUT2D eigenvalue weighted by molar-refractivity contribution is 7.90. The van der Waals surface area contributed by atoms with E-state index in [1.54, 1.807) is 7.05 Å². The fraction of sp³-hybridized carbons (Fsp3) is 0.938. The Morgan fingerprint density at radius 3 is 2.30 bits per heavy atom. The van der Waals surface area contributed by atoms with Gasteiger partial charge >= 0.3 is 0 Å². The molecule has 0 aromatic heterocycles. The smallest absolute Gasteiger partial charge is 0.191 e. The number of rotatable bonds is 12. The minimum atomic E-state index is -2.90. The van der Waals surface area contributed by atoms with E-state index in [-0.39, 0.29) is 11.8 Å². The molecule has 138 valence electrons. The highest BCUT2D eigenvalue weighted by Crippen LogP contribution is 2.02. The van der Waals surface area contributed by atoms with Gasteiger partial charge in [0.1, 0.15) is 9.84 Å². The lowest BCUT2D eigenvalue weighted by Crippen LogP contribution is -2.43. The molecule has 0 saturated heterocycles. The SMILES string of the molecule is CN=C(NCCCCCCCN(C)C)NC(C)CCS(C)(=O)=O. The van der Waals surface area contributed by atoms with Crippen LogP contribution in [0.15, 0.2) is 4.99 Å². The molecule has 6 nitrogen and oxygen atoms in total. The third-order valence-electron chi connectivity index (χ3n) is 3.60. The molecule has 23 heavy (non-hydrogen) atoms. The maximum absolute atomic E-state index is 11.2. The highest BCUT2D eigenvalue weighted by atomic mass is 32.2. The number of guanidine groups is 1. The van der Waals surface area contributed by atoms with Crippen LogP contribution in [0.5, 0.6) is 0 Å². The maximum Gasteiger partial charge on any atom is 0.191 e. The molecule has 0 amide bonds. The minimum absolute atomic E-state index is 0.0851. The molecule has 0 heterocycles. The van der Waals surface area contributed by atoms with Crippen LogP contribution in [0.25, 0.3) is 0 Å². The molecule has 1 atom stereocenters. The minimum Gasteiger partial charge on any atom is -0.356 e. The summed E-state index contributed by atoms with van der Waals surface area (Å²) in [4.78, 5) is 6.40. The standard InChI is InChI=1S/C16H36N4O2S/c1-15(11-14-23(5,21)22)19-16(17-2)18-12-9-7-6-8-10-13-20(3)4/h15H,6-14H2,1-5H3,(H2,17,18,19). The largest absolute Gasteiger partial charge is 0.356 e. The average molecular weight is 349 g/mol. The third kappa shape index (κ3) is 15.8. The van der Waals surface area contributed by atoms with Crippen LogP contribution in [0.3, 0.4) is 0 Å². The van der Waals surface area contributed by atoms with Crippen LogP contribution in [0, 0.1) is 0 Å². The predicted octanol–water partition coefficient (Wildman–Crippen LogP) is 1.49. The molecule has 0 aliphatic rings. The number of nitrogens with zero attached hydrogens (tertiary/aromatic N) is 2. The van der Waals surface area contributed by atoms with Gasteiger partial charge in [-0.2, -0.15) is 0 Å². The first-order chi connectivity index (χ1) is 10.7. The molecule has 7 heteroatoms. The van der Waals surface area contributed by atoms with Crippen LogP contribution in [-0.4, -0.2) is 71.6 Å². The van der Waals surface area contributed by atoms with Gasteiger partial charge in [-0.15, -0.1) is 0 Å². The fourth-order valence-corrected chi connectivity index (χ4v) is 2.96. The maximum atomic E-state index is 11.2. The summed E-state index contributed by atoms with van der Waals surface area (Å²) in [5, 5.41) is 6.52. The second-order valence-corrected chi connectivity index (χ2v) is 8.79.